The molecule has 0 unspecified atom stereocenters. The number of amides is 8. The first-order chi connectivity index (χ1) is 36.0. The van der Waals surface area contributed by atoms with Crippen LogP contribution in [0.4, 0.5) is 0 Å². The lowest BCUT2D eigenvalue weighted by molar-refractivity contribution is -0.144. The molecule has 77 heavy (non-hydrogen) atoms. The van der Waals surface area contributed by atoms with Gasteiger partial charge in [0.2, 0.25) is 47.3 Å². The highest BCUT2D eigenvalue weighted by molar-refractivity contribution is 5.99. The predicted octanol–water partition coefficient (Wildman–Crippen LogP) is -2.75. The van der Waals surface area contributed by atoms with Crippen LogP contribution in [0.5, 0.6) is 0 Å². The molecule has 1 aliphatic heterocycles. The zero-order chi connectivity index (χ0) is 58.3. The second-order valence-corrected chi connectivity index (χ2v) is 19.8. The third-order valence-corrected chi connectivity index (χ3v) is 12.2. The van der Waals surface area contributed by atoms with E-state index in [0.717, 1.165) is 4.90 Å². The molecule has 0 bridgehead atoms. The van der Waals surface area contributed by atoms with E-state index in [1.54, 1.807) is 58.0 Å². The Morgan fingerprint density at radius 3 is 1.61 bits per heavy atom. The lowest BCUT2D eigenvalue weighted by atomic mass is 9.99. The van der Waals surface area contributed by atoms with Crippen molar-refractivity contribution in [1.29, 1.82) is 0 Å². The molecule has 0 aromatic heterocycles. The number of nitrogens with one attached hydrogen (secondary N) is 7. The monoisotopic (exact) mass is 1090 g/mol. The largest absolute Gasteiger partial charge is 0.481 e. The van der Waals surface area contributed by atoms with Crippen LogP contribution in [0.1, 0.15) is 105 Å². The highest BCUT2D eigenvalue weighted by Crippen LogP contribution is 2.21. The smallest absolute Gasteiger partial charge is 0.326 e. The Hall–Kier alpha value is -7.91. The van der Waals surface area contributed by atoms with E-state index in [-0.39, 0.29) is 63.5 Å². The number of carboxylic acids is 4. The van der Waals surface area contributed by atoms with Crippen LogP contribution in [0.15, 0.2) is 35.3 Å². The maximum absolute atomic E-state index is 14.3. The fourth-order valence-electron chi connectivity index (χ4n) is 8.14. The predicted molar refractivity (Wildman–Crippen MR) is 274 cm³/mol. The second-order valence-electron chi connectivity index (χ2n) is 19.8. The Morgan fingerprint density at radius 2 is 1.10 bits per heavy atom. The number of hydrogen-bond acceptors (Lipinski definition) is 14. The Morgan fingerprint density at radius 1 is 0.610 bits per heavy atom. The van der Waals surface area contributed by atoms with E-state index in [2.05, 4.69) is 42.2 Å². The van der Waals surface area contributed by atoms with E-state index in [9.17, 15) is 78.0 Å². The van der Waals surface area contributed by atoms with Crippen LogP contribution in [0.25, 0.3) is 0 Å². The van der Waals surface area contributed by atoms with Gasteiger partial charge in [0.05, 0.1) is 18.9 Å². The summed E-state index contributed by atoms with van der Waals surface area (Å²) < 4.78 is 0. The Bertz CT molecular complexity index is 2290. The van der Waals surface area contributed by atoms with Crippen LogP contribution in [0, 0.1) is 17.8 Å². The molecular formula is C49H76N12O16. The number of aliphatic carboxylic acids is 4. The van der Waals surface area contributed by atoms with E-state index in [0.29, 0.717) is 5.56 Å². The minimum atomic E-state index is -1.97. The zero-order valence-corrected chi connectivity index (χ0v) is 44.1. The molecule has 0 radical (unpaired) electrons. The summed E-state index contributed by atoms with van der Waals surface area (Å²) >= 11 is 0. The lowest BCUT2D eigenvalue weighted by Gasteiger charge is -2.32. The van der Waals surface area contributed by atoms with E-state index < -0.39 is 163 Å². The van der Waals surface area contributed by atoms with Crippen molar-refractivity contribution in [2.45, 2.75) is 160 Å². The molecule has 1 aromatic carbocycles. The molecule has 1 saturated heterocycles. The van der Waals surface area contributed by atoms with E-state index in [4.69, 9.17) is 17.2 Å². The van der Waals surface area contributed by atoms with Gasteiger partial charge in [-0.3, -0.25) is 57.7 Å². The third-order valence-electron chi connectivity index (χ3n) is 12.2. The summed E-state index contributed by atoms with van der Waals surface area (Å²) in [6.45, 7) is 9.74. The van der Waals surface area contributed by atoms with E-state index >= 15 is 0 Å². The number of benzene rings is 1. The average molecular weight is 1090 g/mol. The Kier molecular flexibility index (Phi) is 27.0. The van der Waals surface area contributed by atoms with Crippen molar-refractivity contribution >= 4 is 77.1 Å². The van der Waals surface area contributed by atoms with Crippen molar-refractivity contribution < 1.29 is 78.0 Å². The minimum Gasteiger partial charge on any atom is -0.481 e. The molecule has 0 aliphatic carbocycles. The number of carbonyl (C=O) groups excluding carboxylic acids is 8. The van der Waals surface area contributed by atoms with Crippen molar-refractivity contribution in [1.82, 2.24) is 42.1 Å². The van der Waals surface area contributed by atoms with Gasteiger partial charge < -0.3 is 79.7 Å². The van der Waals surface area contributed by atoms with Crippen LogP contribution in [-0.2, 0) is 64.0 Å². The molecule has 0 spiro atoms. The first kappa shape index (κ1) is 65.2. The minimum absolute atomic E-state index is 0.00297. The van der Waals surface area contributed by atoms with Crippen molar-refractivity contribution in [2.24, 2.45) is 39.9 Å². The zero-order valence-electron chi connectivity index (χ0n) is 44.1. The van der Waals surface area contributed by atoms with Gasteiger partial charge in [-0.25, -0.2) is 4.79 Å². The highest BCUT2D eigenvalue weighted by atomic mass is 16.4. The number of likely N-dealkylation sites (tertiary alicyclic amines) is 1. The molecule has 28 nitrogen and oxygen atoms in total. The van der Waals surface area contributed by atoms with Gasteiger partial charge in [0.15, 0.2) is 5.96 Å². The average Bonchev–Trinajstić information content (AvgIpc) is 3.83. The number of nitrogens with two attached hydrogens (primary N) is 3. The van der Waals surface area contributed by atoms with E-state index in [1.165, 1.54) is 13.8 Å². The van der Waals surface area contributed by atoms with Gasteiger partial charge in [-0.2, -0.15) is 0 Å². The summed E-state index contributed by atoms with van der Waals surface area (Å²) in [6, 6.07) is -4.91. The third kappa shape index (κ3) is 22.8. The van der Waals surface area contributed by atoms with Crippen LogP contribution in [0.3, 0.4) is 0 Å². The fourth-order valence-corrected chi connectivity index (χ4v) is 8.14. The molecule has 17 N–H and O–H groups in total. The first-order valence-electron chi connectivity index (χ1n) is 25.2. The van der Waals surface area contributed by atoms with Gasteiger partial charge >= 0.3 is 23.9 Å². The van der Waals surface area contributed by atoms with Gasteiger partial charge in [0.1, 0.15) is 48.3 Å². The van der Waals surface area contributed by atoms with Gasteiger partial charge in [0, 0.05) is 19.5 Å². The summed E-state index contributed by atoms with van der Waals surface area (Å²) in [6.07, 6.45) is -2.69. The molecule has 428 valence electrons. The van der Waals surface area contributed by atoms with Crippen molar-refractivity contribution in [2.75, 3.05) is 13.1 Å². The molecule has 1 fully saturated rings. The van der Waals surface area contributed by atoms with E-state index in [1.807, 2.05) is 0 Å². The number of hydrogen-bond donors (Lipinski definition) is 14. The number of nitrogens with zero attached hydrogens (tertiary/aromatic N) is 2. The van der Waals surface area contributed by atoms with Crippen LogP contribution < -0.4 is 54.4 Å². The molecule has 9 atom stereocenters. The fraction of sp³-hybridized carbons (Fsp3) is 0.612. The maximum Gasteiger partial charge on any atom is 0.326 e. The molecule has 28 heteroatoms. The molecule has 1 aromatic rings. The molecule has 0 saturated carbocycles. The van der Waals surface area contributed by atoms with Gasteiger partial charge in [-0.15, -0.1) is 0 Å². The number of aliphatic imine (C=N–C) groups is 1. The normalized spacial score (nSPS) is 16.2. The molecule has 8 amide bonds. The highest BCUT2D eigenvalue weighted by Gasteiger charge is 2.41. The Balaban J connectivity index is 2.32. The quantitative estimate of drug-likeness (QED) is 0.0193. The molecule has 1 aliphatic rings. The molecule has 1 heterocycles. The molecule has 2 rings (SSSR count). The standard InChI is InChI=1S/C49H76N12O16/c1-24(2)20-31(41(69)55-30(48(76)77)14-10-18-53-49(51)52)58-46(74)39(26(5)6)60-44(72)34-15-11-19-61(34)47(75)29(16-17-35(62)63)54-45(73)38(25(3)4)59-43(71)33(23-37(66)67)57-42(70)32(22-36(64)65)56-40(68)28(50)21-27-12-8-7-9-13-27/h7-9,12-13,24-26,28-34,38-39H,10-11,14-23,50H2,1-6H3,(H,54,73)(H,55,69)(H,56,68)(H,57,70)(H,58,74)(H,59,71)(H,60,72)(H,62,63)(H,64,65)(H,66,67)(H,76,77)(H4,51,52,53)/t28-,29-,30-,31-,32-,33-,34-,38-,39-/m0/s1. The number of carboxylic acid groups (broad SMARTS) is 4. The van der Waals surface area contributed by atoms with Gasteiger partial charge in [-0.1, -0.05) is 71.9 Å². The van der Waals surface area contributed by atoms with Crippen molar-refractivity contribution in [3.8, 4) is 0 Å². The first-order valence-corrected chi connectivity index (χ1v) is 25.2. The Labute approximate surface area is 445 Å². The second kappa shape index (κ2) is 31.9. The summed E-state index contributed by atoms with van der Waals surface area (Å²) in [7, 11) is 0. The number of rotatable bonds is 33. The number of carbonyl (C=O) groups is 12. The van der Waals surface area contributed by atoms with Crippen molar-refractivity contribution in [3.05, 3.63) is 35.9 Å². The summed E-state index contributed by atoms with van der Waals surface area (Å²) in [4.78, 5) is 162. The maximum atomic E-state index is 14.3. The van der Waals surface area contributed by atoms with Crippen LogP contribution >= 0.6 is 0 Å². The topological polar surface area (TPSA) is 464 Å². The summed E-state index contributed by atoms with van der Waals surface area (Å²) in [5, 5.41) is 55.5. The van der Waals surface area contributed by atoms with Gasteiger partial charge in [-0.05, 0) is 68.3 Å². The summed E-state index contributed by atoms with van der Waals surface area (Å²) in [5.74, 6) is -15.5. The summed E-state index contributed by atoms with van der Waals surface area (Å²) in [5.41, 5.74) is 17.3. The van der Waals surface area contributed by atoms with Crippen LogP contribution in [-0.4, -0.2) is 170 Å². The van der Waals surface area contributed by atoms with Crippen molar-refractivity contribution in [3.63, 3.8) is 0 Å². The SMILES string of the molecule is CC(C)C[C@H](NC(=O)[C@@H](NC(=O)[C@@H]1CCCN1C(=O)[C@H](CCC(=O)O)NC(=O)[C@@H](NC(=O)[C@H](CC(=O)O)NC(=O)[C@H](CC(=O)O)NC(=O)[C@@H](N)Cc1ccccc1)C(C)C)C(C)C)C(=O)N[C@@H](CCCN=C(N)N)C(=O)O. The lowest BCUT2D eigenvalue weighted by Crippen LogP contribution is -2.61. The van der Waals surface area contributed by atoms with Gasteiger partial charge in [0.25, 0.3) is 0 Å². The number of guanidine groups is 1. The van der Waals surface area contributed by atoms with Crippen LogP contribution in [0.2, 0.25) is 0 Å². The molecular weight excluding hydrogens is 1010 g/mol.